The van der Waals surface area contributed by atoms with Crippen LogP contribution in [0.15, 0.2) is 72.8 Å². The average molecular weight is 524 g/mol. The number of fused-ring (bicyclic) bond motifs is 1. The Morgan fingerprint density at radius 3 is 2.54 bits per heavy atom. The van der Waals surface area contributed by atoms with E-state index < -0.39 is 6.10 Å². The zero-order chi connectivity index (χ0) is 27.6. The van der Waals surface area contributed by atoms with Crippen molar-refractivity contribution in [1.29, 1.82) is 5.26 Å². The van der Waals surface area contributed by atoms with Gasteiger partial charge >= 0.3 is 0 Å². The van der Waals surface area contributed by atoms with E-state index in [0.717, 1.165) is 40.9 Å². The van der Waals surface area contributed by atoms with Crippen LogP contribution in [-0.2, 0) is 38.5 Å². The summed E-state index contributed by atoms with van der Waals surface area (Å²) in [7, 11) is 0. The van der Waals surface area contributed by atoms with E-state index in [2.05, 4.69) is 6.07 Å². The van der Waals surface area contributed by atoms with E-state index >= 15 is 0 Å². The van der Waals surface area contributed by atoms with E-state index in [1.54, 1.807) is 24.0 Å². The van der Waals surface area contributed by atoms with Crippen LogP contribution >= 0.6 is 0 Å². The topological polar surface area (TPSA) is 90.7 Å². The number of amides is 2. The van der Waals surface area contributed by atoms with Crippen molar-refractivity contribution >= 4 is 29.5 Å². The van der Waals surface area contributed by atoms with E-state index in [0.29, 0.717) is 44.4 Å². The molecule has 2 amide bonds. The summed E-state index contributed by atoms with van der Waals surface area (Å²) in [6.45, 7) is 3.16. The van der Waals surface area contributed by atoms with Gasteiger partial charge in [0, 0.05) is 30.9 Å². The average Bonchev–Trinajstić information content (AvgIpc) is 2.98. The predicted octanol–water partition coefficient (Wildman–Crippen LogP) is 5.00. The molecule has 1 aliphatic rings. The number of anilines is 2. The molecule has 0 spiro atoms. The molecule has 200 valence electrons. The lowest BCUT2D eigenvalue weighted by molar-refractivity contribution is -0.127. The molecule has 39 heavy (non-hydrogen) atoms. The number of hydrogen-bond acceptors (Lipinski definition) is 5. The number of nitrogens with zero attached hydrogens (tertiary/aromatic N) is 3. The summed E-state index contributed by atoms with van der Waals surface area (Å²) in [5.74, 6) is -0.147. The van der Waals surface area contributed by atoms with Crippen LogP contribution in [0.2, 0.25) is 0 Å². The minimum absolute atomic E-state index is 0.0405. The number of benzene rings is 3. The van der Waals surface area contributed by atoms with Crippen LogP contribution in [0, 0.1) is 11.3 Å². The van der Waals surface area contributed by atoms with Gasteiger partial charge in [-0.25, -0.2) is 0 Å². The van der Waals surface area contributed by atoms with Crippen molar-refractivity contribution in [3.05, 3.63) is 95.1 Å². The van der Waals surface area contributed by atoms with Crippen LogP contribution in [0.5, 0.6) is 0 Å². The highest BCUT2D eigenvalue weighted by Gasteiger charge is 2.26. The highest BCUT2D eigenvalue weighted by molar-refractivity contribution is 5.97. The molecule has 1 unspecified atom stereocenters. The number of nitriles is 1. The molecule has 0 saturated carbocycles. The van der Waals surface area contributed by atoms with Crippen LogP contribution in [-0.4, -0.2) is 37.4 Å². The smallest absolute Gasteiger partial charge is 0.230 e. The second-order valence-corrected chi connectivity index (χ2v) is 9.57. The van der Waals surface area contributed by atoms with Crippen molar-refractivity contribution < 1.29 is 19.1 Å². The molecule has 0 N–H and O–H groups in total. The zero-order valence-electron chi connectivity index (χ0n) is 22.2. The minimum Gasteiger partial charge on any atom is -0.370 e. The van der Waals surface area contributed by atoms with E-state index in [4.69, 9.17) is 10.00 Å². The van der Waals surface area contributed by atoms with Crippen LogP contribution in [0.4, 0.5) is 11.4 Å². The number of hydrogen-bond donors (Lipinski definition) is 0. The molecule has 3 aromatic carbocycles. The number of carbonyl (C=O) groups is 3. The number of aldehydes is 1. The molecule has 0 bridgehead atoms. The maximum Gasteiger partial charge on any atom is 0.230 e. The third-order valence-corrected chi connectivity index (χ3v) is 6.90. The molecule has 0 saturated heterocycles. The van der Waals surface area contributed by atoms with Crippen LogP contribution in [0.3, 0.4) is 0 Å². The van der Waals surface area contributed by atoms with Crippen LogP contribution < -0.4 is 9.80 Å². The summed E-state index contributed by atoms with van der Waals surface area (Å²) in [6.07, 6.45) is 2.47. The van der Waals surface area contributed by atoms with Gasteiger partial charge in [0.25, 0.3) is 0 Å². The molecule has 7 nitrogen and oxygen atoms in total. The second kappa shape index (κ2) is 13.5. The Kier molecular flexibility index (Phi) is 9.60. The monoisotopic (exact) mass is 523 g/mol. The van der Waals surface area contributed by atoms with Crippen molar-refractivity contribution in [3.8, 4) is 6.07 Å². The quantitative estimate of drug-likeness (QED) is 0.330. The summed E-state index contributed by atoms with van der Waals surface area (Å²) in [4.78, 5) is 41.6. The van der Waals surface area contributed by atoms with E-state index in [1.807, 2.05) is 65.6 Å². The fraction of sp³-hybridized carbons (Fsp3) is 0.312. The lowest BCUT2D eigenvalue weighted by Crippen LogP contribution is -2.36. The number of rotatable bonds is 11. The maximum atomic E-state index is 13.4. The van der Waals surface area contributed by atoms with Crippen molar-refractivity contribution in [2.45, 2.75) is 51.7 Å². The number of aryl methyl sites for hydroxylation is 2. The fourth-order valence-corrected chi connectivity index (χ4v) is 4.87. The first-order valence-electron chi connectivity index (χ1n) is 13.4. The highest BCUT2D eigenvalue weighted by atomic mass is 16.5. The third kappa shape index (κ3) is 7.18. The van der Waals surface area contributed by atoms with Crippen LogP contribution in [0.1, 0.15) is 48.4 Å². The van der Waals surface area contributed by atoms with Gasteiger partial charge in [-0.2, -0.15) is 5.26 Å². The largest absolute Gasteiger partial charge is 0.370 e. The minimum atomic E-state index is -0.789. The van der Waals surface area contributed by atoms with Gasteiger partial charge in [-0.05, 0) is 73.2 Å². The first-order chi connectivity index (χ1) is 19.0. The molecular weight excluding hydrogens is 490 g/mol. The molecule has 0 radical (unpaired) electrons. The van der Waals surface area contributed by atoms with Gasteiger partial charge in [-0.1, -0.05) is 42.5 Å². The van der Waals surface area contributed by atoms with E-state index in [1.165, 1.54) is 0 Å². The summed E-state index contributed by atoms with van der Waals surface area (Å²) < 4.78 is 5.42. The summed E-state index contributed by atoms with van der Waals surface area (Å²) in [6, 6.07) is 24.9. The normalized spacial score (nSPS) is 13.2. The Morgan fingerprint density at radius 2 is 1.85 bits per heavy atom. The first-order valence-corrected chi connectivity index (χ1v) is 13.4. The van der Waals surface area contributed by atoms with Gasteiger partial charge in [0.05, 0.1) is 24.6 Å². The van der Waals surface area contributed by atoms with Gasteiger partial charge in [0.15, 0.2) is 0 Å². The summed E-state index contributed by atoms with van der Waals surface area (Å²) in [5, 5.41) is 8.99. The Balaban J connectivity index is 1.53. The first kappa shape index (κ1) is 27.7. The Bertz CT molecular complexity index is 1330. The SMILES string of the molecule is CCOC(C=O)CC(=O)N(Cc1ccccc1)c1ccc2c(c1)CCCN2C(=O)CCc1ccc(C#N)cc1. The van der Waals surface area contributed by atoms with Crippen molar-refractivity contribution in [2.24, 2.45) is 0 Å². The van der Waals surface area contributed by atoms with E-state index in [9.17, 15) is 14.4 Å². The highest BCUT2D eigenvalue weighted by Crippen LogP contribution is 2.32. The Morgan fingerprint density at radius 1 is 1.08 bits per heavy atom. The van der Waals surface area contributed by atoms with Gasteiger partial charge in [-0.3, -0.25) is 9.59 Å². The number of carbonyl (C=O) groups excluding carboxylic acids is 3. The van der Waals surface area contributed by atoms with Crippen molar-refractivity contribution in [2.75, 3.05) is 23.0 Å². The van der Waals surface area contributed by atoms with Crippen molar-refractivity contribution in [3.63, 3.8) is 0 Å². The van der Waals surface area contributed by atoms with Crippen LogP contribution in [0.25, 0.3) is 0 Å². The Hall–Kier alpha value is -4.28. The molecule has 1 aliphatic heterocycles. The molecule has 1 atom stereocenters. The molecule has 0 fully saturated rings. The molecule has 1 heterocycles. The molecule has 7 heteroatoms. The lowest BCUT2D eigenvalue weighted by atomic mass is 9.99. The molecule has 4 rings (SSSR count). The summed E-state index contributed by atoms with van der Waals surface area (Å²) >= 11 is 0. The second-order valence-electron chi connectivity index (χ2n) is 9.57. The van der Waals surface area contributed by atoms with Gasteiger partial charge in [-0.15, -0.1) is 0 Å². The predicted molar refractivity (Wildman–Crippen MR) is 150 cm³/mol. The summed E-state index contributed by atoms with van der Waals surface area (Å²) in [5.41, 5.74) is 5.23. The van der Waals surface area contributed by atoms with E-state index in [-0.39, 0.29) is 18.2 Å². The third-order valence-electron chi connectivity index (χ3n) is 6.90. The zero-order valence-corrected chi connectivity index (χ0v) is 22.2. The molecular formula is C32H33N3O4. The lowest BCUT2D eigenvalue weighted by Gasteiger charge is -2.32. The maximum absolute atomic E-state index is 13.4. The van der Waals surface area contributed by atoms with Crippen molar-refractivity contribution in [1.82, 2.24) is 0 Å². The van der Waals surface area contributed by atoms with Gasteiger partial charge in [0.2, 0.25) is 11.8 Å². The van der Waals surface area contributed by atoms with Gasteiger partial charge < -0.3 is 19.3 Å². The Labute approximate surface area is 229 Å². The standard InChI is InChI=1S/C32H33N3O4/c1-2-39-29(23-36)20-32(38)35(22-26-7-4-3-5-8-26)28-15-16-30-27(19-28)9-6-18-34(30)31(37)17-14-24-10-12-25(21-33)13-11-24/h3-5,7-8,10-13,15-16,19,23,29H,2,6,9,14,17-18,20,22H2,1H3. The number of ether oxygens (including phenoxy) is 1. The molecule has 3 aromatic rings. The van der Waals surface area contributed by atoms with Gasteiger partial charge in [0.1, 0.15) is 12.4 Å². The molecule has 0 aromatic heterocycles. The fourth-order valence-electron chi connectivity index (χ4n) is 4.87. The molecule has 0 aliphatic carbocycles.